The number of ether oxygens (including phenoxy) is 2. The van der Waals surface area contributed by atoms with E-state index in [4.69, 9.17) is 9.47 Å². The summed E-state index contributed by atoms with van der Waals surface area (Å²) in [4.78, 5) is 25.3. The van der Waals surface area contributed by atoms with Gasteiger partial charge in [0.1, 0.15) is 6.04 Å². The minimum atomic E-state index is -1.03. The summed E-state index contributed by atoms with van der Waals surface area (Å²) in [5.41, 5.74) is 0.839. The number of carbonyl (C=O) groups is 2. The lowest BCUT2D eigenvalue weighted by atomic mass is 10.1. The molecule has 2 aliphatic rings. The van der Waals surface area contributed by atoms with Gasteiger partial charge in [-0.1, -0.05) is 28.1 Å². The molecule has 2 saturated heterocycles. The van der Waals surface area contributed by atoms with Crippen LogP contribution >= 0.6 is 15.9 Å². The Labute approximate surface area is 136 Å². The van der Waals surface area contributed by atoms with Crippen LogP contribution in [0.2, 0.25) is 0 Å². The van der Waals surface area contributed by atoms with Gasteiger partial charge in [0.15, 0.2) is 5.79 Å². The van der Waals surface area contributed by atoms with Gasteiger partial charge in [-0.3, -0.25) is 4.79 Å². The number of nitrogens with zero attached hydrogens (tertiary/aromatic N) is 1. The Hall–Kier alpha value is -1.44. The van der Waals surface area contributed by atoms with Gasteiger partial charge in [0.2, 0.25) is 5.91 Å². The number of amides is 1. The van der Waals surface area contributed by atoms with Gasteiger partial charge in [-0.25, -0.2) is 4.79 Å². The van der Waals surface area contributed by atoms with Crippen molar-refractivity contribution in [2.75, 3.05) is 19.8 Å². The first kappa shape index (κ1) is 15.5. The fourth-order valence-corrected chi connectivity index (χ4v) is 3.17. The third-order valence-electron chi connectivity index (χ3n) is 3.98. The quantitative estimate of drug-likeness (QED) is 0.871. The summed E-state index contributed by atoms with van der Waals surface area (Å²) in [6.07, 6.45) is 0.335. The van der Waals surface area contributed by atoms with Crippen molar-refractivity contribution in [2.45, 2.75) is 24.7 Å². The molecule has 0 radical (unpaired) electrons. The Kier molecular flexibility index (Phi) is 4.20. The Morgan fingerprint density at radius 3 is 2.50 bits per heavy atom. The van der Waals surface area contributed by atoms with Crippen molar-refractivity contribution in [3.8, 4) is 0 Å². The van der Waals surface area contributed by atoms with E-state index in [9.17, 15) is 14.7 Å². The van der Waals surface area contributed by atoms with Gasteiger partial charge < -0.3 is 19.5 Å². The summed E-state index contributed by atoms with van der Waals surface area (Å²) in [6, 6.07) is 6.48. The smallest absolute Gasteiger partial charge is 0.326 e. The summed E-state index contributed by atoms with van der Waals surface area (Å²) in [5, 5.41) is 9.37. The maximum absolute atomic E-state index is 12.5. The van der Waals surface area contributed by atoms with Gasteiger partial charge in [-0.05, 0) is 17.7 Å². The zero-order valence-electron chi connectivity index (χ0n) is 11.8. The predicted molar refractivity (Wildman–Crippen MR) is 80.2 cm³/mol. The molecule has 0 aliphatic carbocycles. The van der Waals surface area contributed by atoms with Crippen LogP contribution in [0.4, 0.5) is 0 Å². The van der Waals surface area contributed by atoms with Crippen molar-refractivity contribution >= 4 is 27.8 Å². The molecule has 1 aromatic rings. The maximum Gasteiger partial charge on any atom is 0.326 e. The highest BCUT2D eigenvalue weighted by Gasteiger charge is 2.52. The molecular weight excluding hydrogens is 354 g/mol. The summed E-state index contributed by atoms with van der Waals surface area (Å²) in [5.74, 6) is -2.20. The minimum Gasteiger partial charge on any atom is -0.480 e. The van der Waals surface area contributed by atoms with Crippen LogP contribution in [-0.2, 0) is 25.5 Å². The fraction of sp³-hybridized carbons (Fsp3) is 0.467. The van der Waals surface area contributed by atoms with Crippen LogP contribution in [-0.4, -0.2) is 53.5 Å². The number of carbonyl (C=O) groups excluding carboxylic acids is 1. The van der Waals surface area contributed by atoms with E-state index in [1.807, 2.05) is 24.3 Å². The lowest BCUT2D eigenvalue weighted by Gasteiger charge is -2.23. The molecule has 1 amide bonds. The molecule has 0 aromatic heterocycles. The van der Waals surface area contributed by atoms with Crippen LogP contribution in [0.5, 0.6) is 0 Å². The number of carboxylic acids is 1. The molecule has 2 aliphatic heterocycles. The lowest BCUT2D eigenvalue weighted by Crippen LogP contribution is -2.42. The second-order valence-corrected chi connectivity index (χ2v) is 6.41. The standard InChI is InChI=1S/C15H16BrNO5/c16-11-3-1-10(2-4-11)7-13(18)17-9-15(21-5-6-22-15)8-12(17)14(19)20/h1-4,12H,5-9H2,(H,19,20)/t12-/m0/s1. The molecule has 22 heavy (non-hydrogen) atoms. The van der Waals surface area contributed by atoms with E-state index in [-0.39, 0.29) is 25.3 Å². The van der Waals surface area contributed by atoms with E-state index >= 15 is 0 Å². The van der Waals surface area contributed by atoms with Crippen molar-refractivity contribution in [2.24, 2.45) is 0 Å². The Morgan fingerprint density at radius 1 is 1.27 bits per heavy atom. The van der Waals surface area contributed by atoms with Crippen molar-refractivity contribution < 1.29 is 24.2 Å². The molecule has 1 atom stereocenters. The maximum atomic E-state index is 12.5. The predicted octanol–water partition coefficient (Wildman–Crippen LogP) is 1.42. The molecule has 1 spiro atoms. The first-order chi connectivity index (χ1) is 10.5. The SMILES string of the molecule is O=C(O)[C@@H]1CC2(CN1C(=O)Cc1ccc(Br)cc1)OCCO2. The van der Waals surface area contributed by atoms with E-state index in [0.717, 1.165) is 10.0 Å². The first-order valence-corrected chi connectivity index (χ1v) is 7.83. The second kappa shape index (κ2) is 5.98. The molecule has 7 heteroatoms. The molecule has 118 valence electrons. The van der Waals surface area contributed by atoms with Crippen LogP contribution in [0.1, 0.15) is 12.0 Å². The van der Waals surface area contributed by atoms with Crippen LogP contribution < -0.4 is 0 Å². The molecule has 1 aromatic carbocycles. The van der Waals surface area contributed by atoms with Gasteiger partial charge in [0.25, 0.3) is 0 Å². The number of likely N-dealkylation sites (tertiary alicyclic amines) is 1. The Morgan fingerprint density at radius 2 is 1.91 bits per heavy atom. The monoisotopic (exact) mass is 369 g/mol. The minimum absolute atomic E-state index is 0.160. The molecule has 0 saturated carbocycles. The number of rotatable bonds is 3. The number of hydrogen-bond donors (Lipinski definition) is 1. The van der Waals surface area contributed by atoms with Gasteiger partial charge in [-0.15, -0.1) is 0 Å². The first-order valence-electron chi connectivity index (χ1n) is 7.04. The zero-order valence-corrected chi connectivity index (χ0v) is 13.4. The van der Waals surface area contributed by atoms with Gasteiger partial charge in [-0.2, -0.15) is 0 Å². The van der Waals surface area contributed by atoms with Gasteiger partial charge in [0.05, 0.1) is 26.2 Å². The average molecular weight is 370 g/mol. The number of carboxylic acid groups (broad SMARTS) is 1. The number of aliphatic carboxylic acids is 1. The summed E-state index contributed by atoms with van der Waals surface area (Å²) in [7, 11) is 0. The zero-order chi connectivity index (χ0) is 15.7. The third-order valence-corrected chi connectivity index (χ3v) is 4.51. The van der Waals surface area contributed by atoms with Crippen molar-refractivity contribution in [3.63, 3.8) is 0 Å². The molecular formula is C15H16BrNO5. The van der Waals surface area contributed by atoms with E-state index in [0.29, 0.717) is 13.2 Å². The highest BCUT2D eigenvalue weighted by atomic mass is 79.9. The Bertz CT molecular complexity index is 582. The summed E-state index contributed by atoms with van der Waals surface area (Å²) < 4.78 is 12.0. The largest absolute Gasteiger partial charge is 0.480 e. The van der Waals surface area contributed by atoms with Crippen LogP contribution in [0.25, 0.3) is 0 Å². The van der Waals surface area contributed by atoms with Crippen molar-refractivity contribution in [1.82, 2.24) is 4.90 Å². The lowest BCUT2D eigenvalue weighted by molar-refractivity contribution is -0.152. The van der Waals surface area contributed by atoms with Crippen LogP contribution in [0, 0.1) is 0 Å². The molecule has 0 unspecified atom stereocenters. The van der Waals surface area contributed by atoms with Crippen molar-refractivity contribution in [1.29, 1.82) is 0 Å². The number of benzene rings is 1. The van der Waals surface area contributed by atoms with Gasteiger partial charge in [0, 0.05) is 10.9 Å². The highest BCUT2D eigenvalue weighted by molar-refractivity contribution is 9.10. The highest BCUT2D eigenvalue weighted by Crippen LogP contribution is 2.35. The molecule has 0 bridgehead atoms. The van der Waals surface area contributed by atoms with Crippen LogP contribution in [0.3, 0.4) is 0 Å². The molecule has 2 fully saturated rings. The molecule has 2 heterocycles. The van der Waals surface area contributed by atoms with E-state index < -0.39 is 17.8 Å². The van der Waals surface area contributed by atoms with E-state index in [2.05, 4.69) is 15.9 Å². The number of halogens is 1. The Balaban J connectivity index is 1.74. The molecule has 3 rings (SSSR count). The van der Waals surface area contributed by atoms with E-state index in [1.54, 1.807) is 0 Å². The van der Waals surface area contributed by atoms with E-state index in [1.165, 1.54) is 4.90 Å². The third kappa shape index (κ3) is 3.02. The van der Waals surface area contributed by atoms with Crippen molar-refractivity contribution in [3.05, 3.63) is 34.3 Å². The average Bonchev–Trinajstić information content (AvgIpc) is 3.09. The number of hydrogen-bond acceptors (Lipinski definition) is 4. The topological polar surface area (TPSA) is 76.1 Å². The normalized spacial score (nSPS) is 23.1. The van der Waals surface area contributed by atoms with Crippen LogP contribution in [0.15, 0.2) is 28.7 Å². The summed E-state index contributed by atoms with van der Waals surface area (Å²) >= 11 is 3.34. The second-order valence-electron chi connectivity index (χ2n) is 5.49. The summed E-state index contributed by atoms with van der Waals surface area (Å²) in [6.45, 7) is 1.03. The molecule has 6 nitrogen and oxygen atoms in total. The fourth-order valence-electron chi connectivity index (χ4n) is 2.91. The van der Waals surface area contributed by atoms with Gasteiger partial charge >= 0.3 is 5.97 Å². The molecule has 1 N–H and O–H groups in total.